The summed E-state index contributed by atoms with van der Waals surface area (Å²) in [7, 11) is 0. The summed E-state index contributed by atoms with van der Waals surface area (Å²) in [6.45, 7) is 0.359. The number of hydrogen-bond acceptors (Lipinski definition) is 3. The average Bonchev–Trinajstić information content (AvgIpc) is 2.73. The minimum absolute atomic E-state index is 0.221. The minimum Gasteiger partial charge on any atom is -0.294 e. The lowest BCUT2D eigenvalue weighted by Gasteiger charge is -2.29. The van der Waals surface area contributed by atoms with Crippen molar-refractivity contribution in [2.75, 3.05) is 6.54 Å². The molecule has 10 heteroatoms. The predicted octanol–water partition coefficient (Wildman–Crippen LogP) is 5.88. The Balaban J connectivity index is 1.53. The Morgan fingerprint density at radius 3 is 2.28 bits per heavy atom. The van der Waals surface area contributed by atoms with Crippen LogP contribution < -0.4 is 0 Å². The molecule has 2 aromatic carbocycles. The van der Waals surface area contributed by atoms with Crippen molar-refractivity contribution in [2.45, 2.75) is 31.9 Å². The Morgan fingerprint density at radius 2 is 1.62 bits per heavy atom. The largest absolute Gasteiger partial charge is 0.416 e. The number of rotatable bonds is 3. The molecule has 0 saturated heterocycles. The van der Waals surface area contributed by atoms with Gasteiger partial charge < -0.3 is 0 Å². The van der Waals surface area contributed by atoms with Gasteiger partial charge in [0.2, 0.25) is 0 Å². The van der Waals surface area contributed by atoms with Crippen LogP contribution in [0.3, 0.4) is 0 Å². The lowest BCUT2D eigenvalue weighted by atomic mass is 10.0. The molecule has 0 bridgehead atoms. The first-order valence-electron chi connectivity index (χ1n) is 9.62. The van der Waals surface area contributed by atoms with Gasteiger partial charge >= 0.3 is 12.4 Å². The lowest BCUT2D eigenvalue weighted by Crippen LogP contribution is -2.32. The van der Waals surface area contributed by atoms with Crippen LogP contribution in [0, 0.1) is 5.82 Å². The molecule has 4 rings (SSSR count). The van der Waals surface area contributed by atoms with Crippen molar-refractivity contribution < 1.29 is 30.7 Å². The fourth-order valence-electron chi connectivity index (χ4n) is 3.67. The molecular weight excluding hydrogens is 439 g/mol. The topological polar surface area (TPSA) is 29.0 Å². The molecule has 0 saturated carbocycles. The molecule has 1 aliphatic heterocycles. The number of alkyl halides is 6. The summed E-state index contributed by atoms with van der Waals surface area (Å²) in [6.07, 6.45) is -7.21. The predicted molar refractivity (Wildman–Crippen MR) is 102 cm³/mol. The quantitative estimate of drug-likeness (QED) is 0.462. The zero-order valence-corrected chi connectivity index (χ0v) is 16.4. The number of halogens is 7. The molecule has 3 aromatic rings. The van der Waals surface area contributed by atoms with Gasteiger partial charge in [0.05, 0.1) is 16.8 Å². The van der Waals surface area contributed by atoms with Crippen LogP contribution >= 0.6 is 0 Å². The van der Waals surface area contributed by atoms with Crippen LogP contribution in [0.1, 0.15) is 27.9 Å². The third kappa shape index (κ3) is 4.59. The summed E-state index contributed by atoms with van der Waals surface area (Å²) in [5, 5.41) is 0. The van der Waals surface area contributed by atoms with Crippen molar-refractivity contribution in [3.8, 4) is 11.4 Å². The smallest absolute Gasteiger partial charge is 0.294 e. The summed E-state index contributed by atoms with van der Waals surface area (Å²) < 4.78 is 92.1. The highest BCUT2D eigenvalue weighted by Crippen LogP contribution is 2.34. The molecule has 0 radical (unpaired) electrons. The van der Waals surface area contributed by atoms with E-state index < -0.39 is 34.9 Å². The third-order valence-electron chi connectivity index (χ3n) is 5.29. The van der Waals surface area contributed by atoms with E-state index in [4.69, 9.17) is 0 Å². The van der Waals surface area contributed by atoms with Crippen molar-refractivity contribution in [1.82, 2.24) is 14.9 Å². The fourth-order valence-corrected chi connectivity index (χ4v) is 3.67. The number of benzene rings is 2. The SMILES string of the molecule is Fc1cccc(C(F)(F)F)c1CN1CCc2nc(-c3ccc(C(F)(F)F)cc3)ncc2C1. The highest BCUT2D eigenvalue weighted by molar-refractivity contribution is 5.56. The molecule has 0 amide bonds. The first kappa shape index (κ1) is 22.2. The molecule has 2 heterocycles. The Hall–Kier alpha value is -3.01. The van der Waals surface area contributed by atoms with Gasteiger partial charge in [0, 0.05) is 48.9 Å². The van der Waals surface area contributed by atoms with Crippen LogP contribution in [-0.4, -0.2) is 21.4 Å². The monoisotopic (exact) mass is 455 g/mol. The fraction of sp³-hybridized carbons (Fsp3) is 0.273. The van der Waals surface area contributed by atoms with Gasteiger partial charge in [0.1, 0.15) is 5.82 Å². The van der Waals surface area contributed by atoms with E-state index >= 15 is 0 Å². The number of aromatic nitrogens is 2. The van der Waals surface area contributed by atoms with Crippen molar-refractivity contribution in [3.63, 3.8) is 0 Å². The molecule has 32 heavy (non-hydrogen) atoms. The van der Waals surface area contributed by atoms with Crippen LogP contribution in [-0.2, 0) is 31.9 Å². The summed E-state index contributed by atoms with van der Waals surface area (Å²) in [4.78, 5) is 10.3. The van der Waals surface area contributed by atoms with E-state index in [1.54, 1.807) is 4.90 Å². The van der Waals surface area contributed by atoms with Crippen LogP contribution in [0.2, 0.25) is 0 Å². The Labute approximate surface area is 178 Å². The number of nitrogens with zero attached hydrogens (tertiary/aromatic N) is 3. The molecule has 0 fully saturated rings. The van der Waals surface area contributed by atoms with Gasteiger partial charge in [0.25, 0.3) is 0 Å². The van der Waals surface area contributed by atoms with Gasteiger partial charge in [-0.05, 0) is 24.3 Å². The van der Waals surface area contributed by atoms with E-state index in [0.717, 1.165) is 30.3 Å². The summed E-state index contributed by atoms with van der Waals surface area (Å²) in [5.41, 5.74) is -0.430. The Morgan fingerprint density at radius 1 is 0.906 bits per heavy atom. The zero-order chi connectivity index (χ0) is 23.1. The van der Waals surface area contributed by atoms with Crippen LogP contribution in [0.25, 0.3) is 11.4 Å². The second-order valence-corrected chi connectivity index (χ2v) is 7.47. The zero-order valence-electron chi connectivity index (χ0n) is 16.4. The van der Waals surface area contributed by atoms with E-state index in [1.165, 1.54) is 18.3 Å². The summed E-state index contributed by atoms with van der Waals surface area (Å²) in [5.74, 6) is -0.654. The third-order valence-corrected chi connectivity index (χ3v) is 5.29. The van der Waals surface area contributed by atoms with Crippen LogP contribution in [0.5, 0.6) is 0 Å². The molecule has 1 aromatic heterocycles. The molecule has 3 nitrogen and oxygen atoms in total. The molecule has 168 valence electrons. The molecule has 0 unspecified atom stereocenters. The van der Waals surface area contributed by atoms with Gasteiger partial charge in [-0.15, -0.1) is 0 Å². The minimum atomic E-state index is -4.66. The van der Waals surface area contributed by atoms with Crippen molar-refractivity contribution >= 4 is 0 Å². The second kappa shape index (κ2) is 8.16. The van der Waals surface area contributed by atoms with Crippen LogP contribution in [0.4, 0.5) is 30.7 Å². The standard InChI is InChI=1S/C22H16F7N3/c23-18-3-1-2-17(22(27,28)29)16(18)12-32-9-8-19-14(11-32)10-30-20(31-19)13-4-6-15(7-5-13)21(24,25)26/h1-7,10H,8-9,11-12H2. The molecule has 0 N–H and O–H groups in total. The Kier molecular flexibility index (Phi) is 5.66. The maximum atomic E-state index is 14.2. The van der Waals surface area contributed by atoms with E-state index in [0.29, 0.717) is 29.8 Å². The maximum absolute atomic E-state index is 14.2. The van der Waals surface area contributed by atoms with E-state index in [1.807, 2.05) is 0 Å². The van der Waals surface area contributed by atoms with Gasteiger partial charge in [-0.1, -0.05) is 18.2 Å². The van der Waals surface area contributed by atoms with Crippen molar-refractivity contribution in [1.29, 1.82) is 0 Å². The highest BCUT2D eigenvalue weighted by atomic mass is 19.4. The lowest BCUT2D eigenvalue weighted by molar-refractivity contribution is -0.139. The van der Waals surface area contributed by atoms with Crippen molar-refractivity contribution in [3.05, 3.63) is 82.4 Å². The second-order valence-electron chi connectivity index (χ2n) is 7.47. The van der Waals surface area contributed by atoms with Gasteiger partial charge in [-0.2, -0.15) is 26.3 Å². The molecular formula is C22H16F7N3. The van der Waals surface area contributed by atoms with E-state index in [9.17, 15) is 30.7 Å². The molecule has 0 spiro atoms. The van der Waals surface area contributed by atoms with Crippen molar-refractivity contribution in [2.24, 2.45) is 0 Å². The summed E-state index contributed by atoms with van der Waals surface area (Å²) >= 11 is 0. The van der Waals surface area contributed by atoms with Gasteiger partial charge in [-0.3, -0.25) is 4.90 Å². The molecule has 0 atom stereocenters. The first-order chi connectivity index (χ1) is 15.0. The Bertz CT molecular complexity index is 1120. The maximum Gasteiger partial charge on any atom is 0.416 e. The van der Waals surface area contributed by atoms with Crippen LogP contribution in [0.15, 0.2) is 48.7 Å². The molecule has 0 aliphatic carbocycles. The number of hydrogen-bond donors (Lipinski definition) is 0. The highest BCUT2D eigenvalue weighted by Gasteiger charge is 2.35. The van der Waals surface area contributed by atoms with Gasteiger partial charge in [-0.25, -0.2) is 14.4 Å². The van der Waals surface area contributed by atoms with E-state index in [2.05, 4.69) is 9.97 Å². The number of fused-ring (bicyclic) bond motifs is 1. The average molecular weight is 455 g/mol. The first-order valence-corrected chi connectivity index (χ1v) is 9.62. The molecule has 1 aliphatic rings. The van der Waals surface area contributed by atoms with Gasteiger partial charge in [0.15, 0.2) is 5.82 Å². The normalized spacial score (nSPS) is 15.0. The summed E-state index contributed by atoms with van der Waals surface area (Å²) in [6, 6.07) is 7.37. The van der Waals surface area contributed by atoms with E-state index in [-0.39, 0.29) is 18.9 Å².